The minimum absolute atomic E-state index is 0.0610. The summed E-state index contributed by atoms with van der Waals surface area (Å²) in [5.74, 6) is -0.616. The van der Waals surface area contributed by atoms with Crippen molar-refractivity contribution in [1.82, 2.24) is 9.78 Å². The third-order valence-corrected chi connectivity index (χ3v) is 3.26. The number of nitrogens with zero attached hydrogens (tertiary/aromatic N) is 2. The van der Waals surface area contributed by atoms with Gasteiger partial charge in [-0.2, -0.15) is 9.78 Å². The van der Waals surface area contributed by atoms with Crippen LogP contribution in [0.15, 0.2) is 22.7 Å². The standard InChI is InChI=1S/C14H15BrN2O4/c1-14(2,3)21-13(19)17-9-7-5-6-8(15)10(9)11(16-17)12(18)20-4/h5-7H,1-4H3. The molecule has 1 aromatic carbocycles. The third kappa shape index (κ3) is 3.07. The van der Waals surface area contributed by atoms with Crippen LogP contribution >= 0.6 is 15.9 Å². The molecule has 0 radical (unpaired) electrons. The second-order valence-electron chi connectivity index (χ2n) is 5.37. The molecule has 0 aliphatic heterocycles. The summed E-state index contributed by atoms with van der Waals surface area (Å²) in [7, 11) is 1.26. The maximum absolute atomic E-state index is 12.2. The zero-order chi connectivity index (χ0) is 15.8. The number of esters is 1. The number of hydrogen-bond donors (Lipinski definition) is 0. The first kappa shape index (κ1) is 15.5. The highest BCUT2D eigenvalue weighted by molar-refractivity contribution is 9.10. The smallest absolute Gasteiger partial charge is 0.435 e. The van der Waals surface area contributed by atoms with Crippen LogP contribution in [0, 0.1) is 0 Å². The van der Waals surface area contributed by atoms with Crippen LogP contribution in [0.3, 0.4) is 0 Å². The maximum atomic E-state index is 12.2. The maximum Gasteiger partial charge on any atom is 0.435 e. The van der Waals surface area contributed by atoms with E-state index in [9.17, 15) is 9.59 Å². The average molecular weight is 355 g/mol. The molecule has 7 heteroatoms. The van der Waals surface area contributed by atoms with Gasteiger partial charge < -0.3 is 9.47 Å². The van der Waals surface area contributed by atoms with Gasteiger partial charge in [-0.3, -0.25) is 0 Å². The van der Waals surface area contributed by atoms with Crippen molar-refractivity contribution in [1.29, 1.82) is 0 Å². The van der Waals surface area contributed by atoms with Gasteiger partial charge in [-0.25, -0.2) is 9.59 Å². The molecular weight excluding hydrogens is 340 g/mol. The molecule has 0 bridgehead atoms. The highest BCUT2D eigenvalue weighted by Crippen LogP contribution is 2.28. The number of hydrogen-bond acceptors (Lipinski definition) is 5. The van der Waals surface area contributed by atoms with Crippen molar-refractivity contribution in [3.8, 4) is 0 Å². The van der Waals surface area contributed by atoms with E-state index in [1.165, 1.54) is 7.11 Å². The molecule has 0 N–H and O–H groups in total. The molecule has 0 aliphatic carbocycles. The Bertz CT molecular complexity index is 716. The first-order chi connectivity index (χ1) is 9.74. The van der Waals surface area contributed by atoms with Crippen LogP contribution in [0.1, 0.15) is 31.3 Å². The number of benzene rings is 1. The van der Waals surface area contributed by atoms with Gasteiger partial charge in [-0.05, 0) is 32.9 Å². The van der Waals surface area contributed by atoms with Crippen molar-refractivity contribution in [2.75, 3.05) is 7.11 Å². The van der Waals surface area contributed by atoms with E-state index in [4.69, 9.17) is 9.47 Å². The number of carbonyl (C=O) groups is 2. The number of fused-ring (bicyclic) bond motifs is 1. The Hall–Kier alpha value is -1.89. The predicted octanol–water partition coefficient (Wildman–Crippen LogP) is 3.37. The average Bonchev–Trinajstić information content (AvgIpc) is 2.77. The largest absolute Gasteiger partial charge is 0.464 e. The molecule has 0 amide bonds. The van der Waals surface area contributed by atoms with E-state index in [0.717, 1.165) is 4.68 Å². The van der Waals surface area contributed by atoms with E-state index >= 15 is 0 Å². The minimum Gasteiger partial charge on any atom is -0.464 e. The lowest BCUT2D eigenvalue weighted by Gasteiger charge is -2.19. The number of halogens is 1. The Morgan fingerprint density at radius 3 is 2.52 bits per heavy atom. The molecule has 0 spiro atoms. The van der Waals surface area contributed by atoms with Gasteiger partial charge in [0.15, 0.2) is 5.69 Å². The summed E-state index contributed by atoms with van der Waals surface area (Å²) < 4.78 is 11.7. The second kappa shape index (κ2) is 5.48. The van der Waals surface area contributed by atoms with Crippen LogP contribution in [0.25, 0.3) is 10.9 Å². The molecule has 1 aromatic heterocycles. The van der Waals surface area contributed by atoms with Gasteiger partial charge in [0.25, 0.3) is 0 Å². The van der Waals surface area contributed by atoms with Crippen LogP contribution in [0.5, 0.6) is 0 Å². The summed E-state index contributed by atoms with van der Waals surface area (Å²) in [6, 6.07) is 5.19. The van der Waals surface area contributed by atoms with Gasteiger partial charge in [0.1, 0.15) is 5.60 Å². The fraction of sp³-hybridized carbons (Fsp3) is 0.357. The van der Waals surface area contributed by atoms with E-state index in [2.05, 4.69) is 21.0 Å². The van der Waals surface area contributed by atoms with Gasteiger partial charge in [-0.1, -0.05) is 22.0 Å². The van der Waals surface area contributed by atoms with E-state index in [1.54, 1.807) is 39.0 Å². The summed E-state index contributed by atoms with van der Waals surface area (Å²) in [4.78, 5) is 24.1. The lowest BCUT2D eigenvalue weighted by molar-refractivity contribution is 0.0519. The Balaban J connectivity index is 2.63. The van der Waals surface area contributed by atoms with Crippen LogP contribution in [-0.2, 0) is 9.47 Å². The molecule has 2 rings (SSSR count). The summed E-state index contributed by atoms with van der Waals surface area (Å²) in [6.45, 7) is 5.27. The fourth-order valence-corrected chi connectivity index (χ4v) is 2.35. The predicted molar refractivity (Wildman–Crippen MR) is 80.4 cm³/mol. The lowest BCUT2D eigenvalue weighted by atomic mass is 10.2. The van der Waals surface area contributed by atoms with Crippen molar-refractivity contribution in [2.24, 2.45) is 0 Å². The normalized spacial score (nSPS) is 11.5. The van der Waals surface area contributed by atoms with Gasteiger partial charge in [0.05, 0.1) is 12.6 Å². The molecule has 21 heavy (non-hydrogen) atoms. The molecule has 0 saturated carbocycles. The molecular formula is C14H15BrN2O4. The lowest BCUT2D eigenvalue weighted by Crippen LogP contribution is -2.27. The Labute approximate surface area is 130 Å². The fourth-order valence-electron chi connectivity index (χ4n) is 1.81. The number of aromatic nitrogens is 2. The SMILES string of the molecule is COC(=O)c1nn(C(=O)OC(C)(C)C)c2cccc(Br)c12. The molecule has 0 unspecified atom stereocenters. The molecule has 1 heterocycles. The molecule has 0 aliphatic rings. The quantitative estimate of drug-likeness (QED) is 0.734. The number of carbonyl (C=O) groups excluding carboxylic acids is 2. The van der Waals surface area contributed by atoms with Crippen LogP contribution in [0.2, 0.25) is 0 Å². The monoisotopic (exact) mass is 354 g/mol. The van der Waals surface area contributed by atoms with E-state index in [0.29, 0.717) is 15.4 Å². The third-order valence-electron chi connectivity index (χ3n) is 2.60. The number of ether oxygens (including phenoxy) is 2. The van der Waals surface area contributed by atoms with Crippen molar-refractivity contribution in [2.45, 2.75) is 26.4 Å². The molecule has 0 fully saturated rings. The van der Waals surface area contributed by atoms with Crippen molar-refractivity contribution < 1.29 is 19.1 Å². The van der Waals surface area contributed by atoms with Crippen molar-refractivity contribution in [3.05, 3.63) is 28.4 Å². The summed E-state index contributed by atoms with van der Waals surface area (Å²) >= 11 is 3.36. The van der Waals surface area contributed by atoms with Gasteiger partial charge in [-0.15, -0.1) is 0 Å². The highest BCUT2D eigenvalue weighted by Gasteiger charge is 2.25. The first-order valence-corrected chi connectivity index (χ1v) is 7.03. The molecule has 0 atom stereocenters. The molecule has 0 saturated heterocycles. The zero-order valence-electron chi connectivity index (χ0n) is 12.1. The van der Waals surface area contributed by atoms with Crippen molar-refractivity contribution in [3.63, 3.8) is 0 Å². The Kier molecular flexibility index (Phi) is 4.04. The number of methoxy groups -OCH3 is 1. The van der Waals surface area contributed by atoms with Crippen LogP contribution < -0.4 is 0 Å². The summed E-state index contributed by atoms with van der Waals surface area (Å²) in [6.07, 6.45) is -0.652. The van der Waals surface area contributed by atoms with Crippen LogP contribution in [0.4, 0.5) is 4.79 Å². The summed E-state index contributed by atoms with van der Waals surface area (Å²) in [5.41, 5.74) is -0.128. The highest BCUT2D eigenvalue weighted by atomic mass is 79.9. The van der Waals surface area contributed by atoms with E-state index in [1.807, 2.05) is 0 Å². The molecule has 2 aromatic rings. The Morgan fingerprint density at radius 2 is 1.95 bits per heavy atom. The topological polar surface area (TPSA) is 70.4 Å². The van der Waals surface area contributed by atoms with E-state index in [-0.39, 0.29) is 5.69 Å². The Morgan fingerprint density at radius 1 is 1.29 bits per heavy atom. The number of rotatable bonds is 1. The molecule has 6 nitrogen and oxygen atoms in total. The van der Waals surface area contributed by atoms with Crippen molar-refractivity contribution >= 4 is 38.9 Å². The van der Waals surface area contributed by atoms with Gasteiger partial charge in [0.2, 0.25) is 0 Å². The zero-order valence-corrected chi connectivity index (χ0v) is 13.7. The molecule has 112 valence electrons. The van der Waals surface area contributed by atoms with Gasteiger partial charge >= 0.3 is 12.1 Å². The van der Waals surface area contributed by atoms with Crippen LogP contribution in [-0.4, -0.2) is 34.6 Å². The first-order valence-electron chi connectivity index (χ1n) is 6.23. The van der Waals surface area contributed by atoms with Gasteiger partial charge in [0, 0.05) is 9.86 Å². The second-order valence-corrected chi connectivity index (χ2v) is 6.22. The summed E-state index contributed by atoms with van der Waals surface area (Å²) in [5, 5.41) is 4.55. The minimum atomic E-state index is -0.660. The van der Waals surface area contributed by atoms with E-state index < -0.39 is 17.7 Å².